The number of rotatable bonds is 4. The van der Waals surface area contributed by atoms with Crippen LogP contribution in [0.4, 0.5) is 11.5 Å². The Kier molecular flexibility index (Phi) is 4.68. The molecule has 0 radical (unpaired) electrons. The fourth-order valence-electron chi connectivity index (χ4n) is 1.78. The third-order valence-electron chi connectivity index (χ3n) is 2.68. The van der Waals surface area contributed by atoms with E-state index in [0.717, 1.165) is 11.8 Å². The molecule has 1 aromatic heterocycles. The second kappa shape index (κ2) is 6.33. The Labute approximate surface area is 133 Å². The van der Waals surface area contributed by atoms with Gasteiger partial charge in [0, 0.05) is 11.2 Å². The number of halogens is 1. The maximum atomic E-state index is 12.3. The van der Waals surface area contributed by atoms with Crippen LogP contribution in [0.3, 0.4) is 0 Å². The fourth-order valence-corrected chi connectivity index (χ4v) is 2.53. The van der Waals surface area contributed by atoms with Crippen LogP contribution >= 0.6 is 11.6 Å². The highest BCUT2D eigenvalue weighted by atomic mass is 35.5. The van der Waals surface area contributed by atoms with E-state index >= 15 is 0 Å². The van der Waals surface area contributed by atoms with E-state index in [2.05, 4.69) is 15.0 Å². The van der Waals surface area contributed by atoms with Crippen molar-refractivity contribution in [3.63, 3.8) is 0 Å². The van der Waals surface area contributed by atoms with Gasteiger partial charge in [0.05, 0.1) is 17.5 Å². The van der Waals surface area contributed by atoms with E-state index in [1.807, 2.05) is 6.92 Å². The van der Waals surface area contributed by atoms with Crippen LogP contribution in [0.2, 0.25) is 5.02 Å². The number of aromatic nitrogens is 1. The molecule has 0 aliphatic rings. The van der Waals surface area contributed by atoms with Crippen LogP contribution in [-0.4, -0.2) is 25.6 Å². The van der Waals surface area contributed by atoms with Crippen molar-refractivity contribution in [2.45, 2.75) is 6.92 Å². The van der Waals surface area contributed by atoms with Gasteiger partial charge in [0.25, 0.3) is 5.91 Å². The minimum Gasteiger partial charge on any atom is -0.306 e. The van der Waals surface area contributed by atoms with Gasteiger partial charge in [-0.15, -0.1) is 0 Å². The monoisotopic (exact) mass is 339 g/mol. The van der Waals surface area contributed by atoms with E-state index in [1.165, 1.54) is 18.2 Å². The molecule has 1 aromatic carbocycles. The molecule has 1 heterocycles. The van der Waals surface area contributed by atoms with E-state index in [9.17, 15) is 13.2 Å². The number of carbonyl (C=O) groups is 1. The summed E-state index contributed by atoms with van der Waals surface area (Å²) in [6.45, 7) is 1.87. The van der Waals surface area contributed by atoms with Gasteiger partial charge < -0.3 is 5.32 Å². The van der Waals surface area contributed by atoms with Crippen molar-refractivity contribution in [3.8, 4) is 0 Å². The lowest BCUT2D eigenvalue weighted by molar-refractivity contribution is 0.102. The van der Waals surface area contributed by atoms with Crippen LogP contribution in [0.5, 0.6) is 0 Å². The fraction of sp³-hybridized carbons (Fsp3) is 0.143. The van der Waals surface area contributed by atoms with Crippen LogP contribution in [-0.2, 0) is 10.0 Å². The molecule has 0 saturated heterocycles. The summed E-state index contributed by atoms with van der Waals surface area (Å²) >= 11 is 5.89. The summed E-state index contributed by atoms with van der Waals surface area (Å²) in [5.41, 5.74) is 1.20. The molecule has 8 heteroatoms. The lowest BCUT2D eigenvalue weighted by Crippen LogP contribution is -2.18. The number of aryl methyl sites for hydroxylation is 1. The highest BCUT2D eigenvalue weighted by Gasteiger charge is 2.15. The highest BCUT2D eigenvalue weighted by Crippen LogP contribution is 2.22. The van der Waals surface area contributed by atoms with E-state index in [0.29, 0.717) is 10.8 Å². The van der Waals surface area contributed by atoms with Crippen molar-refractivity contribution in [1.29, 1.82) is 0 Å². The largest absolute Gasteiger partial charge is 0.306 e. The van der Waals surface area contributed by atoms with Crippen molar-refractivity contribution in [3.05, 3.63) is 52.7 Å². The Morgan fingerprint density at radius 2 is 1.95 bits per heavy atom. The zero-order chi connectivity index (χ0) is 16.3. The summed E-state index contributed by atoms with van der Waals surface area (Å²) in [6.07, 6.45) is 2.57. The number of amides is 1. The zero-order valence-electron chi connectivity index (χ0n) is 11.9. The predicted molar refractivity (Wildman–Crippen MR) is 86.8 cm³/mol. The molecule has 0 saturated carbocycles. The first-order valence-electron chi connectivity index (χ1n) is 6.26. The molecular formula is C14H14ClN3O3S. The molecule has 0 aliphatic carbocycles. The van der Waals surface area contributed by atoms with Crippen LogP contribution in [0.1, 0.15) is 15.9 Å². The standard InChI is InChI=1S/C14H14ClN3O3S/c1-9-5-6-16-13(7-9)17-14(19)11-8-10(15)3-4-12(11)18-22(2,20)21/h3-8,18H,1-2H3,(H,16,17,19). The molecule has 0 unspecified atom stereocenters. The van der Waals surface area contributed by atoms with Crippen LogP contribution in [0.25, 0.3) is 0 Å². The maximum Gasteiger partial charge on any atom is 0.259 e. The van der Waals surface area contributed by atoms with Crippen molar-refractivity contribution in [2.75, 3.05) is 16.3 Å². The number of nitrogens with one attached hydrogen (secondary N) is 2. The topological polar surface area (TPSA) is 88.2 Å². The van der Waals surface area contributed by atoms with Gasteiger partial charge in [0.2, 0.25) is 10.0 Å². The Morgan fingerprint density at radius 1 is 1.23 bits per heavy atom. The van der Waals surface area contributed by atoms with Crippen LogP contribution in [0.15, 0.2) is 36.5 Å². The summed E-state index contributed by atoms with van der Waals surface area (Å²) in [7, 11) is -3.51. The first kappa shape index (κ1) is 16.3. The summed E-state index contributed by atoms with van der Waals surface area (Å²) < 4.78 is 25.0. The van der Waals surface area contributed by atoms with Gasteiger partial charge in [-0.25, -0.2) is 13.4 Å². The van der Waals surface area contributed by atoms with Gasteiger partial charge in [-0.05, 0) is 42.8 Å². The average molecular weight is 340 g/mol. The Balaban J connectivity index is 2.34. The summed E-state index contributed by atoms with van der Waals surface area (Å²) in [5.74, 6) is -0.137. The van der Waals surface area contributed by atoms with E-state index < -0.39 is 15.9 Å². The second-order valence-electron chi connectivity index (χ2n) is 4.74. The summed E-state index contributed by atoms with van der Waals surface area (Å²) in [4.78, 5) is 16.4. The minimum atomic E-state index is -3.51. The van der Waals surface area contributed by atoms with Crippen molar-refractivity contribution >= 4 is 39.0 Å². The Bertz CT molecular complexity index is 822. The number of hydrogen-bond acceptors (Lipinski definition) is 4. The van der Waals surface area contributed by atoms with Crippen LogP contribution < -0.4 is 10.0 Å². The molecule has 0 spiro atoms. The third-order valence-corrected chi connectivity index (χ3v) is 3.50. The molecule has 2 rings (SSSR count). The summed E-state index contributed by atoms with van der Waals surface area (Å²) in [6, 6.07) is 7.82. The van der Waals surface area contributed by atoms with Crippen molar-refractivity contribution in [2.24, 2.45) is 0 Å². The minimum absolute atomic E-state index is 0.112. The van der Waals surface area contributed by atoms with Gasteiger partial charge in [0.1, 0.15) is 5.82 Å². The lowest BCUT2D eigenvalue weighted by atomic mass is 10.1. The molecule has 116 valence electrons. The number of hydrogen-bond donors (Lipinski definition) is 2. The van der Waals surface area contributed by atoms with Gasteiger partial charge in [-0.2, -0.15) is 0 Å². The molecule has 2 N–H and O–H groups in total. The maximum absolute atomic E-state index is 12.3. The molecule has 6 nitrogen and oxygen atoms in total. The number of sulfonamides is 1. The molecular weight excluding hydrogens is 326 g/mol. The molecule has 0 bridgehead atoms. The SMILES string of the molecule is Cc1ccnc(NC(=O)c2cc(Cl)ccc2NS(C)(=O)=O)c1. The lowest BCUT2D eigenvalue weighted by Gasteiger charge is -2.11. The third kappa shape index (κ3) is 4.44. The Hall–Kier alpha value is -2.12. The number of carbonyl (C=O) groups excluding carboxylic acids is 1. The van der Waals surface area contributed by atoms with Gasteiger partial charge in [-0.1, -0.05) is 11.6 Å². The quantitative estimate of drug-likeness (QED) is 0.896. The smallest absolute Gasteiger partial charge is 0.259 e. The van der Waals surface area contributed by atoms with Gasteiger partial charge >= 0.3 is 0 Å². The molecule has 0 fully saturated rings. The molecule has 0 aliphatic heterocycles. The average Bonchev–Trinajstić information content (AvgIpc) is 2.39. The highest BCUT2D eigenvalue weighted by molar-refractivity contribution is 7.92. The summed E-state index contributed by atoms with van der Waals surface area (Å²) in [5, 5.41) is 2.93. The van der Waals surface area contributed by atoms with Gasteiger partial charge in [0.15, 0.2) is 0 Å². The molecule has 2 aromatic rings. The molecule has 22 heavy (non-hydrogen) atoms. The van der Waals surface area contributed by atoms with E-state index in [1.54, 1.807) is 18.3 Å². The number of benzene rings is 1. The van der Waals surface area contributed by atoms with E-state index in [-0.39, 0.29) is 11.3 Å². The number of pyridine rings is 1. The molecule has 1 amide bonds. The van der Waals surface area contributed by atoms with Crippen molar-refractivity contribution < 1.29 is 13.2 Å². The van der Waals surface area contributed by atoms with E-state index in [4.69, 9.17) is 11.6 Å². The van der Waals surface area contributed by atoms with Crippen LogP contribution in [0, 0.1) is 6.92 Å². The molecule has 0 atom stereocenters. The predicted octanol–water partition coefficient (Wildman–Crippen LogP) is 2.67. The zero-order valence-corrected chi connectivity index (χ0v) is 13.5. The van der Waals surface area contributed by atoms with Crippen molar-refractivity contribution in [1.82, 2.24) is 4.98 Å². The number of anilines is 2. The first-order valence-corrected chi connectivity index (χ1v) is 8.53. The first-order chi connectivity index (χ1) is 10.2. The second-order valence-corrected chi connectivity index (χ2v) is 6.92. The Morgan fingerprint density at radius 3 is 2.59 bits per heavy atom. The number of nitrogens with zero attached hydrogens (tertiary/aromatic N) is 1. The normalized spacial score (nSPS) is 11.0. The van der Waals surface area contributed by atoms with Gasteiger partial charge in [-0.3, -0.25) is 9.52 Å².